The second kappa shape index (κ2) is 9.31. The molecule has 1 fully saturated rings. The van der Waals surface area contributed by atoms with Gasteiger partial charge in [-0.2, -0.15) is 0 Å². The van der Waals surface area contributed by atoms with Crippen molar-refractivity contribution >= 4 is 22.6 Å². The molecule has 170 valence electrons. The molecule has 0 N–H and O–H groups in total. The lowest BCUT2D eigenvalue weighted by atomic mass is 9.94. The van der Waals surface area contributed by atoms with Crippen molar-refractivity contribution in [2.24, 2.45) is 0 Å². The summed E-state index contributed by atoms with van der Waals surface area (Å²) in [6, 6.07) is 2.16. The van der Waals surface area contributed by atoms with Crippen molar-refractivity contribution in [1.82, 2.24) is 9.55 Å². The van der Waals surface area contributed by atoms with Crippen LogP contribution in [0.5, 0.6) is 0 Å². The maximum absolute atomic E-state index is 15.4. The molecule has 0 bridgehead atoms. The van der Waals surface area contributed by atoms with Gasteiger partial charge in [0.1, 0.15) is 5.65 Å². The molecular formula is C26H31FN2O3. The lowest BCUT2D eigenvalue weighted by molar-refractivity contribution is -0.139. The van der Waals surface area contributed by atoms with Gasteiger partial charge >= 0.3 is 5.97 Å². The third kappa shape index (κ3) is 4.10. The van der Waals surface area contributed by atoms with Crippen molar-refractivity contribution in [2.75, 3.05) is 13.7 Å². The smallest absolute Gasteiger partial charge is 0.310 e. The Hall–Kier alpha value is -2.89. The highest BCUT2D eigenvalue weighted by Gasteiger charge is 2.23. The minimum absolute atomic E-state index is 0.0983. The predicted molar refractivity (Wildman–Crippen MR) is 124 cm³/mol. The Morgan fingerprint density at radius 2 is 2.12 bits per heavy atom. The minimum atomic E-state index is -0.383. The van der Waals surface area contributed by atoms with E-state index in [2.05, 4.69) is 10.6 Å². The van der Waals surface area contributed by atoms with Crippen molar-refractivity contribution in [3.05, 3.63) is 57.9 Å². The van der Waals surface area contributed by atoms with Crippen LogP contribution in [0.15, 0.2) is 35.4 Å². The highest BCUT2D eigenvalue weighted by Crippen LogP contribution is 2.36. The van der Waals surface area contributed by atoms with E-state index in [1.165, 1.54) is 18.9 Å². The van der Waals surface area contributed by atoms with Gasteiger partial charge in [0.15, 0.2) is 11.6 Å². The van der Waals surface area contributed by atoms with Crippen LogP contribution >= 0.6 is 0 Å². The van der Waals surface area contributed by atoms with Gasteiger partial charge in [0.25, 0.3) is 0 Å². The average molecular weight is 439 g/mol. The molecule has 0 aromatic carbocycles. The van der Waals surface area contributed by atoms with Gasteiger partial charge in [-0.1, -0.05) is 6.08 Å². The fourth-order valence-corrected chi connectivity index (χ4v) is 4.85. The Morgan fingerprint density at radius 1 is 1.31 bits per heavy atom. The quantitative estimate of drug-likeness (QED) is 0.572. The summed E-state index contributed by atoms with van der Waals surface area (Å²) < 4.78 is 28.3. The number of methoxy groups -OCH3 is 1. The van der Waals surface area contributed by atoms with E-state index in [1.807, 2.05) is 26.8 Å². The summed E-state index contributed by atoms with van der Waals surface area (Å²) in [4.78, 5) is 17.1. The normalized spacial score (nSPS) is 19.7. The van der Waals surface area contributed by atoms with E-state index >= 15 is 4.39 Å². The largest absolute Gasteiger partial charge is 0.490 e. The first-order valence-electron chi connectivity index (χ1n) is 11.4. The van der Waals surface area contributed by atoms with Gasteiger partial charge in [-0.15, -0.1) is 0 Å². The highest BCUT2D eigenvalue weighted by atomic mass is 19.1. The molecule has 2 aliphatic heterocycles. The van der Waals surface area contributed by atoms with Crippen molar-refractivity contribution in [2.45, 2.75) is 65.8 Å². The number of hydrogen-bond acceptors (Lipinski definition) is 4. The fourth-order valence-electron chi connectivity index (χ4n) is 4.85. The number of nitrogens with zero attached hydrogens (tertiary/aromatic N) is 2. The van der Waals surface area contributed by atoms with Gasteiger partial charge in [-0.3, -0.25) is 4.79 Å². The first kappa shape index (κ1) is 22.3. The number of hydrogen-bond donors (Lipinski definition) is 0. The van der Waals surface area contributed by atoms with Crippen molar-refractivity contribution in [3.8, 4) is 0 Å². The zero-order valence-electron chi connectivity index (χ0n) is 19.4. The molecule has 1 saturated heterocycles. The lowest BCUT2D eigenvalue weighted by Gasteiger charge is -2.20. The van der Waals surface area contributed by atoms with Crippen LogP contribution in [0.2, 0.25) is 0 Å². The van der Waals surface area contributed by atoms with Gasteiger partial charge < -0.3 is 14.0 Å². The Balaban J connectivity index is 1.92. The van der Waals surface area contributed by atoms with E-state index in [1.54, 1.807) is 0 Å². The van der Waals surface area contributed by atoms with Crippen LogP contribution in [-0.2, 0) is 33.7 Å². The Labute approximate surface area is 188 Å². The lowest BCUT2D eigenvalue weighted by Crippen LogP contribution is -2.12. The van der Waals surface area contributed by atoms with E-state index in [-0.39, 0.29) is 18.2 Å². The number of carbonyl (C=O) groups is 1. The number of esters is 1. The standard InChI is InChI=1S/C26H31FN2O3/c1-5-18-9-8-12-32-25(18)22(27)13-16(2)24-20(15-23(30)31-4)17(3)28-26-21(24)14-19-10-6-7-11-29(19)26/h5,13-14H,6-12,15H2,1-4H3/b16-13+,18-5+,25-22-. The maximum atomic E-state index is 15.4. The molecule has 2 aromatic rings. The van der Waals surface area contributed by atoms with E-state index < -0.39 is 0 Å². The summed E-state index contributed by atoms with van der Waals surface area (Å²) in [5.41, 5.74) is 6.22. The van der Waals surface area contributed by atoms with Gasteiger partial charge in [-0.05, 0) is 87.3 Å². The van der Waals surface area contributed by atoms with Crippen molar-refractivity contribution < 1.29 is 18.7 Å². The van der Waals surface area contributed by atoms with Gasteiger partial charge in [-0.25, -0.2) is 9.37 Å². The number of aryl methyl sites for hydroxylation is 3. The van der Waals surface area contributed by atoms with Gasteiger partial charge in [0.2, 0.25) is 0 Å². The Bertz CT molecular complexity index is 1150. The SMILES string of the molecule is C\C=C1/CCCO/C1=C(F)/C=C(\C)c1c(CC(=O)OC)c(C)nc2c1cc1n2CCCC1. The summed E-state index contributed by atoms with van der Waals surface area (Å²) in [6.45, 7) is 7.16. The van der Waals surface area contributed by atoms with E-state index in [4.69, 9.17) is 14.5 Å². The molecular weight excluding hydrogens is 407 g/mol. The molecule has 0 aliphatic carbocycles. The topological polar surface area (TPSA) is 53.4 Å². The Kier molecular flexibility index (Phi) is 6.49. The second-order valence-corrected chi connectivity index (χ2v) is 8.56. The molecule has 5 nitrogen and oxygen atoms in total. The molecule has 4 rings (SSSR count). The molecule has 32 heavy (non-hydrogen) atoms. The summed E-state index contributed by atoms with van der Waals surface area (Å²) >= 11 is 0. The molecule has 0 saturated carbocycles. The number of ether oxygens (including phenoxy) is 2. The van der Waals surface area contributed by atoms with E-state index in [0.29, 0.717) is 12.4 Å². The molecule has 0 radical (unpaired) electrons. The van der Waals surface area contributed by atoms with Crippen LogP contribution in [0, 0.1) is 6.92 Å². The molecule has 0 amide bonds. The van der Waals surface area contributed by atoms with Crippen LogP contribution in [0.1, 0.15) is 62.0 Å². The van der Waals surface area contributed by atoms with Crippen LogP contribution < -0.4 is 0 Å². The van der Waals surface area contributed by atoms with Gasteiger partial charge in [0, 0.05) is 23.3 Å². The molecule has 4 heterocycles. The van der Waals surface area contributed by atoms with Crippen LogP contribution in [-0.4, -0.2) is 29.2 Å². The summed E-state index contributed by atoms with van der Waals surface area (Å²) in [5.74, 6) is -0.394. The number of halogens is 1. The first-order valence-corrected chi connectivity index (χ1v) is 11.4. The number of rotatable bonds is 4. The summed E-state index contributed by atoms with van der Waals surface area (Å²) in [5, 5.41) is 0.966. The maximum Gasteiger partial charge on any atom is 0.310 e. The van der Waals surface area contributed by atoms with Crippen molar-refractivity contribution in [1.29, 1.82) is 0 Å². The van der Waals surface area contributed by atoms with E-state index in [9.17, 15) is 4.79 Å². The third-order valence-corrected chi connectivity index (χ3v) is 6.48. The van der Waals surface area contributed by atoms with Crippen LogP contribution in [0.3, 0.4) is 0 Å². The number of aromatic nitrogens is 2. The van der Waals surface area contributed by atoms with E-state index in [0.717, 1.165) is 77.6 Å². The second-order valence-electron chi connectivity index (χ2n) is 8.56. The molecule has 2 aromatic heterocycles. The third-order valence-electron chi connectivity index (χ3n) is 6.48. The molecule has 2 aliphatic rings. The highest BCUT2D eigenvalue weighted by molar-refractivity contribution is 5.94. The fraction of sp³-hybridized carbons (Fsp3) is 0.462. The first-order chi connectivity index (χ1) is 15.4. The number of fused-ring (bicyclic) bond motifs is 3. The van der Waals surface area contributed by atoms with Crippen LogP contribution in [0.25, 0.3) is 16.6 Å². The number of carbonyl (C=O) groups excluding carboxylic acids is 1. The number of allylic oxidation sites excluding steroid dienone is 5. The molecule has 0 spiro atoms. The molecule has 0 unspecified atom stereocenters. The molecule has 6 heteroatoms. The number of pyridine rings is 1. The predicted octanol–water partition coefficient (Wildman–Crippen LogP) is 5.74. The molecule has 0 atom stereocenters. The minimum Gasteiger partial charge on any atom is -0.490 e. The average Bonchev–Trinajstić information content (AvgIpc) is 3.16. The monoisotopic (exact) mass is 438 g/mol. The zero-order valence-corrected chi connectivity index (χ0v) is 19.4. The zero-order chi connectivity index (χ0) is 22.8. The van der Waals surface area contributed by atoms with Crippen LogP contribution in [0.4, 0.5) is 4.39 Å². The Morgan fingerprint density at radius 3 is 2.88 bits per heavy atom. The summed E-state index contributed by atoms with van der Waals surface area (Å²) in [6.07, 6.45) is 8.52. The summed E-state index contributed by atoms with van der Waals surface area (Å²) in [7, 11) is 1.38. The van der Waals surface area contributed by atoms with Crippen molar-refractivity contribution in [3.63, 3.8) is 0 Å². The van der Waals surface area contributed by atoms with Gasteiger partial charge in [0.05, 0.1) is 20.1 Å².